The number of carbonyl (C=O) groups is 1. The minimum Gasteiger partial charge on any atom is -0.480 e. The molecule has 3 rings (SSSR count). The maximum atomic E-state index is 12.7. The van der Waals surface area contributed by atoms with E-state index in [1.165, 1.54) is 12.8 Å². The molecule has 0 aromatic heterocycles. The minimum absolute atomic E-state index is 0.102. The summed E-state index contributed by atoms with van der Waals surface area (Å²) in [6.07, 6.45) is 1.82. The van der Waals surface area contributed by atoms with Gasteiger partial charge in [-0.1, -0.05) is 0 Å². The maximum absolute atomic E-state index is 12.7. The molecular formula is C17H27F3N2O2. The lowest BCUT2D eigenvalue weighted by Gasteiger charge is -2.45. The smallest absolute Gasteiger partial charge is 0.391 e. The molecule has 0 atom stereocenters. The number of carboxylic acid groups (broad SMARTS) is 1. The number of alkyl halides is 3. The van der Waals surface area contributed by atoms with Crippen LogP contribution < -0.4 is 5.32 Å². The van der Waals surface area contributed by atoms with Crippen molar-refractivity contribution in [1.82, 2.24) is 10.2 Å². The predicted molar refractivity (Wildman–Crippen MR) is 83.7 cm³/mol. The number of aliphatic carboxylic acids is 1. The number of nitrogens with zero attached hydrogens (tertiary/aromatic N) is 1. The van der Waals surface area contributed by atoms with Gasteiger partial charge in [-0.25, -0.2) is 0 Å². The Hall–Kier alpha value is -0.820. The SMILES string of the molecule is O=C(O)CN(CC1CC1)C1CC(NC2CCC(C(F)(F)F)CC2)C1. The van der Waals surface area contributed by atoms with Gasteiger partial charge in [0.1, 0.15) is 0 Å². The fraction of sp³-hybridized carbons (Fsp3) is 0.941. The van der Waals surface area contributed by atoms with Gasteiger partial charge in [0.2, 0.25) is 0 Å². The average Bonchev–Trinajstić information content (AvgIpc) is 3.25. The summed E-state index contributed by atoms with van der Waals surface area (Å²) in [5.74, 6) is -1.25. The molecule has 24 heavy (non-hydrogen) atoms. The molecule has 3 aliphatic rings. The number of rotatable bonds is 7. The lowest BCUT2D eigenvalue weighted by atomic mass is 9.81. The van der Waals surface area contributed by atoms with E-state index in [2.05, 4.69) is 10.2 Å². The molecule has 3 aliphatic carbocycles. The molecule has 2 N–H and O–H groups in total. The third-order valence-electron chi connectivity index (χ3n) is 5.82. The van der Waals surface area contributed by atoms with E-state index in [0.717, 1.165) is 19.4 Å². The van der Waals surface area contributed by atoms with Gasteiger partial charge in [-0.05, 0) is 57.3 Å². The Kier molecular flexibility index (Phi) is 5.39. The van der Waals surface area contributed by atoms with Crippen molar-refractivity contribution in [3.8, 4) is 0 Å². The third-order valence-corrected chi connectivity index (χ3v) is 5.82. The second kappa shape index (κ2) is 7.20. The maximum Gasteiger partial charge on any atom is 0.391 e. The van der Waals surface area contributed by atoms with Gasteiger partial charge in [-0.15, -0.1) is 0 Å². The molecular weight excluding hydrogens is 321 g/mol. The van der Waals surface area contributed by atoms with E-state index in [9.17, 15) is 18.0 Å². The van der Waals surface area contributed by atoms with Crippen LogP contribution >= 0.6 is 0 Å². The first-order valence-corrected chi connectivity index (χ1v) is 9.10. The Balaban J connectivity index is 1.38. The lowest BCUT2D eigenvalue weighted by molar-refractivity contribution is -0.183. The van der Waals surface area contributed by atoms with Crippen LogP contribution in [0.1, 0.15) is 51.4 Å². The predicted octanol–water partition coefficient (Wildman–Crippen LogP) is 3.02. The zero-order valence-corrected chi connectivity index (χ0v) is 13.9. The summed E-state index contributed by atoms with van der Waals surface area (Å²) in [6.45, 7) is 0.977. The van der Waals surface area contributed by atoms with E-state index in [-0.39, 0.29) is 25.4 Å². The van der Waals surface area contributed by atoms with Crippen molar-refractivity contribution in [2.45, 2.75) is 75.7 Å². The molecule has 138 valence electrons. The number of hydrogen-bond acceptors (Lipinski definition) is 3. The standard InChI is InChI=1S/C17H27F3N2O2/c18-17(19,20)12-3-5-13(6-4-12)21-14-7-15(8-14)22(10-16(23)24)9-11-1-2-11/h11-15,21H,1-10H2,(H,23,24). The van der Waals surface area contributed by atoms with Gasteiger partial charge >= 0.3 is 12.1 Å². The molecule has 0 aromatic rings. The highest BCUT2D eigenvalue weighted by atomic mass is 19.4. The van der Waals surface area contributed by atoms with E-state index < -0.39 is 18.1 Å². The Labute approximate surface area is 140 Å². The Morgan fingerprint density at radius 1 is 1.04 bits per heavy atom. The van der Waals surface area contributed by atoms with E-state index in [4.69, 9.17) is 5.11 Å². The highest BCUT2D eigenvalue weighted by molar-refractivity contribution is 5.69. The van der Waals surface area contributed by atoms with E-state index in [1.54, 1.807) is 0 Å². The van der Waals surface area contributed by atoms with E-state index in [0.29, 0.717) is 30.8 Å². The number of hydrogen-bond donors (Lipinski definition) is 2. The number of carboxylic acids is 1. The normalized spacial score (nSPS) is 34.2. The van der Waals surface area contributed by atoms with Gasteiger partial charge in [0, 0.05) is 24.7 Å². The van der Waals surface area contributed by atoms with E-state index >= 15 is 0 Å². The van der Waals surface area contributed by atoms with Gasteiger partial charge < -0.3 is 10.4 Å². The Bertz CT molecular complexity index is 440. The summed E-state index contributed by atoms with van der Waals surface area (Å²) in [6, 6.07) is 0.828. The van der Waals surface area contributed by atoms with Crippen LogP contribution in [0.3, 0.4) is 0 Å². The molecule has 0 heterocycles. The molecule has 7 heteroatoms. The fourth-order valence-corrected chi connectivity index (χ4v) is 4.09. The summed E-state index contributed by atoms with van der Waals surface area (Å²) in [4.78, 5) is 13.1. The zero-order chi connectivity index (χ0) is 17.3. The molecule has 0 bridgehead atoms. The first-order chi connectivity index (χ1) is 11.3. The minimum atomic E-state index is -4.05. The van der Waals surface area contributed by atoms with Gasteiger partial charge in [0.25, 0.3) is 0 Å². The van der Waals surface area contributed by atoms with Crippen molar-refractivity contribution < 1.29 is 23.1 Å². The molecule has 0 amide bonds. The van der Waals surface area contributed by atoms with Crippen LogP contribution in [0.4, 0.5) is 13.2 Å². The molecule has 0 radical (unpaired) electrons. The average molecular weight is 348 g/mol. The summed E-state index contributed by atoms with van der Waals surface area (Å²) in [5, 5.41) is 12.5. The fourth-order valence-electron chi connectivity index (χ4n) is 4.09. The van der Waals surface area contributed by atoms with Crippen LogP contribution in [0.5, 0.6) is 0 Å². The highest BCUT2D eigenvalue weighted by Gasteiger charge is 2.43. The zero-order valence-electron chi connectivity index (χ0n) is 13.9. The van der Waals surface area contributed by atoms with Crippen LogP contribution in [0, 0.1) is 11.8 Å². The van der Waals surface area contributed by atoms with Gasteiger partial charge in [-0.2, -0.15) is 13.2 Å². The summed E-state index contributed by atoms with van der Waals surface area (Å²) in [5.41, 5.74) is 0. The summed E-state index contributed by atoms with van der Waals surface area (Å²) in [7, 11) is 0. The second-order valence-corrected chi connectivity index (χ2v) is 7.85. The van der Waals surface area contributed by atoms with Gasteiger partial charge in [0.15, 0.2) is 0 Å². The van der Waals surface area contributed by atoms with Crippen molar-refractivity contribution in [2.75, 3.05) is 13.1 Å². The first-order valence-electron chi connectivity index (χ1n) is 9.10. The third kappa shape index (κ3) is 4.85. The molecule has 0 spiro atoms. The first kappa shape index (κ1) is 18.0. The summed E-state index contributed by atoms with van der Waals surface area (Å²) >= 11 is 0. The molecule has 0 aromatic carbocycles. The molecule has 3 fully saturated rings. The number of halogens is 3. The van der Waals surface area contributed by atoms with Crippen molar-refractivity contribution >= 4 is 5.97 Å². The van der Waals surface area contributed by atoms with Crippen molar-refractivity contribution in [3.05, 3.63) is 0 Å². The molecule has 0 aliphatic heterocycles. The Morgan fingerprint density at radius 3 is 2.17 bits per heavy atom. The van der Waals surface area contributed by atoms with Crippen LogP contribution in [0.25, 0.3) is 0 Å². The molecule has 0 saturated heterocycles. The molecule has 0 unspecified atom stereocenters. The largest absolute Gasteiger partial charge is 0.480 e. The van der Waals surface area contributed by atoms with Crippen LogP contribution in [0.2, 0.25) is 0 Å². The van der Waals surface area contributed by atoms with Crippen LogP contribution in [-0.2, 0) is 4.79 Å². The molecule has 4 nitrogen and oxygen atoms in total. The van der Waals surface area contributed by atoms with Crippen LogP contribution in [0.15, 0.2) is 0 Å². The van der Waals surface area contributed by atoms with Crippen molar-refractivity contribution in [3.63, 3.8) is 0 Å². The van der Waals surface area contributed by atoms with E-state index in [1.807, 2.05) is 0 Å². The molecule has 3 saturated carbocycles. The second-order valence-electron chi connectivity index (χ2n) is 7.85. The quantitative estimate of drug-likeness (QED) is 0.743. The van der Waals surface area contributed by atoms with Crippen molar-refractivity contribution in [2.24, 2.45) is 11.8 Å². The van der Waals surface area contributed by atoms with Crippen LogP contribution in [-0.4, -0.2) is 53.4 Å². The highest BCUT2D eigenvalue weighted by Crippen LogP contribution is 2.38. The summed E-state index contributed by atoms with van der Waals surface area (Å²) < 4.78 is 38.1. The van der Waals surface area contributed by atoms with Crippen molar-refractivity contribution in [1.29, 1.82) is 0 Å². The van der Waals surface area contributed by atoms with Gasteiger partial charge in [-0.3, -0.25) is 9.69 Å². The Morgan fingerprint density at radius 2 is 1.67 bits per heavy atom. The monoisotopic (exact) mass is 348 g/mol. The van der Waals surface area contributed by atoms with Gasteiger partial charge in [0.05, 0.1) is 12.5 Å². The topological polar surface area (TPSA) is 52.6 Å². The lowest BCUT2D eigenvalue weighted by Crippen LogP contribution is -2.56. The number of nitrogens with one attached hydrogen (secondary N) is 1.